The number of anilines is 1. The first-order chi connectivity index (χ1) is 19.3. The molecule has 10 nitrogen and oxygen atoms in total. The number of aryl methyl sites for hydroxylation is 1. The molecule has 1 saturated heterocycles. The van der Waals surface area contributed by atoms with Crippen molar-refractivity contribution in [3.05, 3.63) is 69.7 Å². The van der Waals surface area contributed by atoms with Gasteiger partial charge in [-0.15, -0.1) is 0 Å². The van der Waals surface area contributed by atoms with Gasteiger partial charge in [0, 0.05) is 5.56 Å². The molecular formula is C29H28N2O8S. The Kier molecular flexibility index (Phi) is 7.74. The minimum Gasteiger partial charge on any atom is -0.507 e. The van der Waals surface area contributed by atoms with E-state index in [0.717, 1.165) is 24.2 Å². The molecule has 40 heavy (non-hydrogen) atoms. The lowest BCUT2D eigenvalue weighted by molar-refractivity contribution is -0.132. The summed E-state index contributed by atoms with van der Waals surface area (Å²) in [6.07, 6.45) is 1.82. The summed E-state index contributed by atoms with van der Waals surface area (Å²) in [6.45, 7) is 4.93. The van der Waals surface area contributed by atoms with Crippen LogP contribution in [0.4, 0.5) is 5.13 Å². The Balaban J connectivity index is 1.66. The molecule has 1 aromatic heterocycles. The molecule has 11 heteroatoms. The van der Waals surface area contributed by atoms with Crippen molar-refractivity contribution < 1.29 is 38.4 Å². The molecule has 1 atom stereocenters. The smallest absolute Gasteiger partial charge is 0.350 e. The van der Waals surface area contributed by atoms with Gasteiger partial charge in [-0.05, 0) is 49.2 Å². The zero-order valence-electron chi connectivity index (χ0n) is 22.3. The Morgan fingerprint density at radius 2 is 1.93 bits per heavy atom. The van der Waals surface area contributed by atoms with Crippen LogP contribution in [0.25, 0.3) is 5.76 Å². The van der Waals surface area contributed by atoms with Gasteiger partial charge in [0.05, 0.1) is 31.0 Å². The number of amides is 1. The number of carbonyl (C=O) groups excluding carboxylic acids is 3. The van der Waals surface area contributed by atoms with Gasteiger partial charge in [0.1, 0.15) is 29.6 Å². The second kappa shape index (κ2) is 11.4. The Hall–Kier alpha value is -4.38. The number of fused-ring (bicyclic) bond motifs is 1. The Labute approximate surface area is 234 Å². The number of aliphatic hydroxyl groups is 1. The lowest BCUT2D eigenvalue weighted by Gasteiger charge is -2.24. The predicted octanol–water partition coefficient (Wildman–Crippen LogP) is 4.81. The van der Waals surface area contributed by atoms with E-state index in [1.807, 2.05) is 0 Å². The summed E-state index contributed by atoms with van der Waals surface area (Å²) in [5.74, 6) is -1.25. The van der Waals surface area contributed by atoms with Crippen LogP contribution in [0.5, 0.6) is 17.2 Å². The molecule has 5 rings (SSSR count). The normalized spacial score (nSPS) is 17.7. The number of nitrogens with zero attached hydrogens (tertiary/aromatic N) is 2. The van der Waals surface area contributed by atoms with E-state index in [0.29, 0.717) is 48.3 Å². The van der Waals surface area contributed by atoms with E-state index in [-0.39, 0.29) is 26.9 Å². The fourth-order valence-corrected chi connectivity index (χ4v) is 5.58. The molecule has 208 valence electrons. The monoisotopic (exact) mass is 564 g/mol. The van der Waals surface area contributed by atoms with Crippen LogP contribution in [0.2, 0.25) is 0 Å². The molecule has 0 saturated carbocycles. The number of carbonyl (C=O) groups is 3. The van der Waals surface area contributed by atoms with Crippen LogP contribution in [0.15, 0.2) is 48.0 Å². The van der Waals surface area contributed by atoms with Crippen molar-refractivity contribution in [1.82, 2.24) is 4.98 Å². The summed E-state index contributed by atoms with van der Waals surface area (Å²) >= 11 is 0.938. The quantitative estimate of drug-likeness (QED) is 0.135. The molecule has 2 aliphatic rings. The van der Waals surface area contributed by atoms with Crippen LogP contribution in [0, 0.1) is 6.92 Å². The third kappa shape index (κ3) is 5.00. The molecule has 1 fully saturated rings. The molecule has 2 aliphatic heterocycles. The average Bonchev–Trinajstić information content (AvgIpc) is 3.48. The van der Waals surface area contributed by atoms with E-state index in [1.54, 1.807) is 49.4 Å². The summed E-state index contributed by atoms with van der Waals surface area (Å²) in [5, 5.41) is 11.6. The van der Waals surface area contributed by atoms with E-state index in [4.69, 9.17) is 18.9 Å². The highest BCUT2D eigenvalue weighted by Crippen LogP contribution is 2.45. The number of ether oxygens (including phenoxy) is 4. The zero-order valence-corrected chi connectivity index (χ0v) is 23.1. The number of aromatic nitrogens is 1. The summed E-state index contributed by atoms with van der Waals surface area (Å²) in [6, 6.07) is 10.8. The van der Waals surface area contributed by atoms with Crippen molar-refractivity contribution in [3.8, 4) is 17.2 Å². The Morgan fingerprint density at radius 3 is 2.67 bits per heavy atom. The molecular weight excluding hydrogens is 536 g/mol. The predicted molar refractivity (Wildman–Crippen MR) is 147 cm³/mol. The van der Waals surface area contributed by atoms with Gasteiger partial charge >= 0.3 is 11.9 Å². The van der Waals surface area contributed by atoms with Crippen LogP contribution in [0.3, 0.4) is 0 Å². The number of Topliss-reactive ketones (excluding diaryl/α,β-unsaturated/α-hetero) is 1. The molecule has 1 unspecified atom stereocenters. The maximum Gasteiger partial charge on any atom is 0.350 e. The first-order valence-corrected chi connectivity index (χ1v) is 13.6. The standard InChI is InChI=1S/C29H28N2O8S/c1-4-5-11-37-19-8-6-7-17(14-19)23-22(24(32)18-9-10-20-21(15-18)39-13-12-38-20)25(33)27(34)31(23)29-30-16(2)26(40-29)28(35)36-3/h6-10,14-15,23,32H,4-5,11-13H2,1-3H3. The van der Waals surface area contributed by atoms with Crippen molar-refractivity contribution in [2.75, 3.05) is 31.8 Å². The van der Waals surface area contributed by atoms with E-state index >= 15 is 0 Å². The molecule has 1 N–H and O–H groups in total. The van der Waals surface area contributed by atoms with E-state index in [1.165, 1.54) is 12.0 Å². The summed E-state index contributed by atoms with van der Waals surface area (Å²) in [4.78, 5) is 45.2. The van der Waals surface area contributed by atoms with Gasteiger partial charge in [0.2, 0.25) is 0 Å². The van der Waals surface area contributed by atoms with Crippen LogP contribution >= 0.6 is 11.3 Å². The average molecular weight is 565 g/mol. The number of thiazole rings is 1. The lowest BCUT2D eigenvalue weighted by atomic mass is 9.95. The highest BCUT2D eigenvalue weighted by molar-refractivity contribution is 7.17. The van der Waals surface area contributed by atoms with Gasteiger partial charge in [0.25, 0.3) is 5.78 Å². The van der Waals surface area contributed by atoms with E-state index in [2.05, 4.69) is 11.9 Å². The van der Waals surface area contributed by atoms with Gasteiger partial charge < -0.3 is 24.1 Å². The summed E-state index contributed by atoms with van der Waals surface area (Å²) in [5.41, 5.74) is 1.05. The maximum atomic E-state index is 13.5. The second-order valence-corrected chi connectivity index (χ2v) is 10.2. The Morgan fingerprint density at radius 1 is 1.15 bits per heavy atom. The van der Waals surface area contributed by atoms with Gasteiger partial charge in [-0.1, -0.05) is 36.8 Å². The van der Waals surface area contributed by atoms with Gasteiger partial charge in [-0.25, -0.2) is 9.78 Å². The van der Waals surface area contributed by atoms with E-state index in [9.17, 15) is 19.5 Å². The highest BCUT2D eigenvalue weighted by atomic mass is 32.1. The topological polar surface area (TPSA) is 124 Å². The van der Waals surface area contributed by atoms with Crippen molar-refractivity contribution in [2.45, 2.75) is 32.7 Å². The zero-order chi connectivity index (χ0) is 28.4. The van der Waals surface area contributed by atoms with E-state index < -0.39 is 23.7 Å². The maximum absolute atomic E-state index is 13.5. The Bertz CT molecular complexity index is 1510. The van der Waals surface area contributed by atoms with Gasteiger partial charge in [-0.3, -0.25) is 14.5 Å². The van der Waals surface area contributed by atoms with Crippen LogP contribution in [-0.2, 0) is 14.3 Å². The molecule has 1 amide bonds. The first kappa shape index (κ1) is 27.2. The molecule has 0 bridgehead atoms. The molecule has 3 aromatic rings. The number of methoxy groups -OCH3 is 1. The van der Waals surface area contributed by atoms with Crippen molar-refractivity contribution in [3.63, 3.8) is 0 Å². The van der Waals surface area contributed by atoms with Crippen LogP contribution < -0.4 is 19.1 Å². The number of ketones is 1. The minimum atomic E-state index is -1.04. The second-order valence-electron chi connectivity index (χ2n) is 9.20. The number of benzene rings is 2. The summed E-state index contributed by atoms with van der Waals surface area (Å²) < 4.78 is 22.0. The van der Waals surface area contributed by atoms with Crippen molar-refractivity contribution in [1.29, 1.82) is 0 Å². The SMILES string of the molecule is CCCCOc1cccc(C2C(=C(O)c3ccc4c(c3)OCCO4)C(=O)C(=O)N2c2nc(C)c(C(=O)OC)s2)c1. The molecule has 0 spiro atoms. The number of hydrogen-bond acceptors (Lipinski definition) is 10. The van der Waals surface area contributed by atoms with Crippen LogP contribution in [0.1, 0.15) is 52.3 Å². The molecule has 2 aromatic carbocycles. The number of esters is 1. The van der Waals surface area contributed by atoms with Crippen LogP contribution in [-0.4, -0.2) is 54.7 Å². The third-order valence-electron chi connectivity index (χ3n) is 6.56. The number of aliphatic hydroxyl groups excluding tert-OH is 1. The minimum absolute atomic E-state index is 0.125. The number of hydrogen-bond donors (Lipinski definition) is 1. The number of rotatable bonds is 8. The fraction of sp³-hybridized carbons (Fsp3) is 0.310. The van der Waals surface area contributed by atoms with Gasteiger partial charge in [0.15, 0.2) is 16.6 Å². The molecule has 0 radical (unpaired) electrons. The summed E-state index contributed by atoms with van der Waals surface area (Å²) in [7, 11) is 1.25. The lowest BCUT2D eigenvalue weighted by Crippen LogP contribution is -2.29. The molecule has 3 heterocycles. The van der Waals surface area contributed by atoms with Crippen molar-refractivity contribution in [2.24, 2.45) is 0 Å². The number of unbranched alkanes of at least 4 members (excludes halogenated alkanes) is 1. The van der Waals surface area contributed by atoms with Gasteiger partial charge in [-0.2, -0.15) is 0 Å². The molecule has 0 aliphatic carbocycles. The largest absolute Gasteiger partial charge is 0.507 e. The highest BCUT2D eigenvalue weighted by Gasteiger charge is 2.48. The first-order valence-electron chi connectivity index (χ1n) is 12.8. The third-order valence-corrected chi connectivity index (χ3v) is 7.70. The fourth-order valence-electron chi connectivity index (χ4n) is 4.57. The van der Waals surface area contributed by atoms with Crippen molar-refractivity contribution >= 4 is 39.9 Å².